The summed E-state index contributed by atoms with van der Waals surface area (Å²) in [5.41, 5.74) is 4.52. The summed E-state index contributed by atoms with van der Waals surface area (Å²) in [5.74, 6) is 5.36. The summed E-state index contributed by atoms with van der Waals surface area (Å²) < 4.78 is 30.2. The molecule has 1 aromatic rings. The van der Waals surface area contributed by atoms with Crippen LogP contribution >= 0.6 is 0 Å². The van der Waals surface area contributed by atoms with Crippen molar-refractivity contribution in [2.75, 3.05) is 31.7 Å². The number of ether oxygens (including phenoxy) is 1. The maximum absolute atomic E-state index is 12.5. The molecule has 1 fully saturated rings. The van der Waals surface area contributed by atoms with Gasteiger partial charge < -0.3 is 10.2 Å². The van der Waals surface area contributed by atoms with Gasteiger partial charge in [0.1, 0.15) is 0 Å². The molecular formula is C12H20N4O3S. The fourth-order valence-corrected chi connectivity index (χ4v) is 3.91. The van der Waals surface area contributed by atoms with Gasteiger partial charge in [-0.25, -0.2) is 13.4 Å². The molecule has 0 spiro atoms. The van der Waals surface area contributed by atoms with Crippen molar-refractivity contribution < 1.29 is 13.2 Å². The maximum atomic E-state index is 12.5. The number of nitrogens with two attached hydrogens (primary N) is 1. The minimum atomic E-state index is -3.59. The van der Waals surface area contributed by atoms with Crippen LogP contribution in [0.3, 0.4) is 0 Å². The Morgan fingerprint density at radius 2 is 1.75 bits per heavy atom. The van der Waals surface area contributed by atoms with Gasteiger partial charge in [0.25, 0.3) is 10.0 Å². The number of sulfonamides is 1. The molecule has 4 N–H and O–H groups in total. The minimum absolute atomic E-state index is 0.294. The molecular weight excluding hydrogens is 280 g/mol. The molecule has 0 atom stereocenters. The second-order valence-electron chi connectivity index (χ2n) is 4.78. The van der Waals surface area contributed by atoms with Crippen LogP contribution in [0.1, 0.15) is 11.1 Å². The number of morpholine rings is 1. The number of benzene rings is 1. The first-order valence-electron chi connectivity index (χ1n) is 6.37. The van der Waals surface area contributed by atoms with E-state index in [1.807, 2.05) is 0 Å². The molecule has 0 radical (unpaired) electrons. The van der Waals surface area contributed by atoms with E-state index in [-0.39, 0.29) is 0 Å². The second-order valence-corrected chi connectivity index (χ2v) is 6.38. The Hall–Kier alpha value is -1.19. The third kappa shape index (κ3) is 3.28. The summed E-state index contributed by atoms with van der Waals surface area (Å²) in [6.07, 6.45) is 0. The second kappa shape index (κ2) is 6.06. The highest BCUT2D eigenvalue weighted by Gasteiger charge is 2.23. The lowest BCUT2D eigenvalue weighted by Crippen LogP contribution is -2.48. The summed E-state index contributed by atoms with van der Waals surface area (Å²) in [4.78, 5) is 2.90. The zero-order valence-corrected chi connectivity index (χ0v) is 12.5. The summed E-state index contributed by atoms with van der Waals surface area (Å²) in [7, 11) is -3.59. The van der Waals surface area contributed by atoms with E-state index in [0.717, 1.165) is 0 Å². The molecule has 0 amide bonds. The minimum Gasteiger partial charge on any atom is -0.379 e. The largest absolute Gasteiger partial charge is 0.379 e. The number of hydrogen-bond acceptors (Lipinski definition) is 6. The first-order chi connectivity index (χ1) is 9.44. The summed E-state index contributed by atoms with van der Waals surface area (Å²) >= 11 is 0. The van der Waals surface area contributed by atoms with E-state index in [2.05, 4.69) is 10.3 Å². The maximum Gasteiger partial charge on any atom is 0.253 e. The van der Waals surface area contributed by atoms with Crippen molar-refractivity contribution in [3.8, 4) is 0 Å². The molecule has 2 rings (SSSR count). The lowest BCUT2D eigenvalue weighted by atomic mass is 10.1. The molecule has 1 aliphatic rings. The highest BCUT2D eigenvalue weighted by Crippen LogP contribution is 2.24. The molecule has 1 aliphatic heterocycles. The van der Waals surface area contributed by atoms with E-state index in [9.17, 15) is 8.42 Å². The average Bonchev–Trinajstić information content (AvgIpc) is 2.37. The van der Waals surface area contributed by atoms with Gasteiger partial charge in [-0.2, -0.15) is 0 Å². The van der Waals surface area contributed by atoms with Crippen LogP contribution < -0.4 is 16.1 Å². The highest BCUT2D eigenvalue weighted by molar-refractivity contribution is 7.89. The predicted octanol–water partition coefficient (Wildman–Crippen LogP) is 0.115. The van der Waals surface area contributed by atoms with E-state index in [1.165, 1.54) is 0 Å². The van der Waals surface area contributed by atoms with Crippen LogP contribution in [0.15, 0.2) is 17.0 Å². The molecule has 0 aromatic heterocycles. The van der Waals surface area contributed by atoms with Gasteiger partial charge in [0.2, 0.25) is 0 Å². The Bertz CT molecular complexity index is 559. The summed E-state index contributed by atoms with van der Waals surface area (Å²) in [6.45, 7) is 5.63. The van der Waals surface area contributed by atoms with Crippen molar-refractivity contribution in [3.63, 3.8) is 0 Å². The Morgan fingerprint density at radius 3 is 2.25 bits per heavy atom. The van der Waals surface area contributed by atoms with Crippen LogP contribution in [0.25, 0.3) is 0 Å². The lowest BCUT2D eigenvalue weighted by Gasteiger charge is -2.27. The number of rotatable bonds is 4. The van der Waals surface area contributed by atoms with Crippen molar-refractivity contribution in [2.45, 2.75) is 18.7 Å². The molecule has 0 aliphatic carbocycles. The van der Waals surface area contributed by atoms with Gasteiger partial charge in [-0.3, -0.25) is 5.84 Å². The van der Waals surface area contributed by atoms with Crippen LogP contribution in [-0.4, -0.2) is 39.7 Å². The van der Waals surface area contributed by atoms with Crippen molar-refractivity contribution in [1.82, 2.24) is 9.84 Å². The van der Waals surface area contributed by atoms with Crippen molar-refractivity contribution in [1.29, 1.82) is 0 Å². The fraction of sp³-hybridized carbons (Fsp3) is 0.500. The van der Waals surface area contributed by atoms with Crippen LogP contribution in [0.4, 0.5) is 5.69 Å². The van der Waals surface area contributed by atoms with E-state index in [4.69, 9.17) is 10.6 Å². The third-order valence-corrected chi connectivity index (χ3v) is 4.84. The zero-order chi connectivity index (χ0) is 14.8. The van der Waals surface area contributed by atoms with E-state index >= 15 is 0 Å². The van der Waals surface area contributed by atoms with Crippen molar-refractivity contribution >= 4 is 15.7 Å². The number of hydrogen-bond donors (Lipinski definition) is 3. The Labute approximate surface area is 119 Å². The van der Waals surface area contributed by atoms with Gasteiger partial charge in [0.05, 0.1) is 18.1 Å². The number of anilines is 1. The van der Waals surface area contributed by atoms with Gasteiger partial charge in [-0.15, -0.1) is 4.83 Å². The van der Waals surface area contributed by atoms with Gasteiger partial charge >= 0.3 is 0 Å². The molecule has 20 heavy (non-hydrogen) atoms. The number of nitrogens with zero attached hydrogens (tertiary/aromatic N) is 1. The van der Waals surface area contributed by atoms with Crippen LogP contribution in [0, 0.1) is 13.8 Å². The predicted molar refractivity (Wildman–Crippen MR) is 76.4 cm³/mol. The number of nitrogen functional groups attached to an aromatic ring is 1. The molecule has 1 heterocycles. The van der Waals surface area contributed by atoms with E-state index < -0.39 is 10.0 Å². The van der Waals surface area contributed by atoms with Gasteiger partial charge in [-0.1, -0.05) is 0 Å². The molecule has 1 saturated heterocycles. The normalized spacial score (nSPS) is 17.1. The first kappa shape index (κ1) is 15.2. The van der Waals surface area contributed by atoms with E-state index in [0.29, 0.717) is 48.0 Å². The first-order valence-corrected chi connectivity index (χ1v) is 7.85. The van der Waals surface area contributed by atoms with Gasteiger partial charge in [0.15, 0.2) is 0 Å². The van der Waals surface area contributed by atoms with Gasteiger partial charge in [0, 0.05) is 18.8 Å². The third-order valence-electron chi connectivity index (χ3n) is 3.16. The Kier molecular flexibility index (Phi) is 4.61. The standard InChI is InChI=1S/C12H20N4O3S/c1-9-7-11(14-13)8-10(2)12(9)20(17,18)15-16-3-5-19-6-4-16/h7-8,14-15H,3-6,13H2,1-2H3. The SMILES string of the molecule is Cc1cc(NN)cc(C)c1S(=O)(=O)NN1CCOCC1. The smallest absolute Gasteiger partial charge is 0.253 e. The molecule has 0 unspecified atom stereocenters. The monoisotopic (exact) mass is 300 g/mol. The summed E-state index contributed by atoms with van der Waals surface area (Å²) in [5, 5.41) is 1.66. The quantitative estimate of drug-likeness (QED) is 0.540. The topological polar surface area (TPSA) is 96.7 Å². The number of nitrogens with one attached hydrogen (secondary N) is 2. The Morgan fingerprint density at radius 1 is 1.20 bits per heavy atom. The van der Waals surface area contributed by atoms with Crippen molar-refractivity contribution in [2.24, 2.45) is 5.84 Å². The van der Waals surface area contributed by atoms with Gasteiger partial charge in [-0.05, 0) is 37.1 Å². The van der Waals surface area contributed by atoms with Crippen LogP contribution in [-0.2, 0) is 14.8 Å². The zero-order valence-electron chi connectivity index (χ0n) is 11.6. The average molecular weight is 300 g/mol. The highest BCUT2D eigenvalue weighted by atomic mass is 32.2. The Balaban J connectivity index is 2.29. The van der Waals surface area contributed by atoms with E-state index in [1.54, 1.807) is 31.0 Å². The molecule has 1 aromatic carbocycles. The van der Waals surface area contributed by atoms with Crippen molar-refractivity contribution in [3.05, 3.63) is 23.3 Å². The molecule has 112 valence electrons. The lowest BCUT2D eigenvalue weighted by molar-refractivity contribution is 0.0272. The molecule has 8 heteroatoms. The molecule has 0 bridgehead atoms. The number of aryl methyl sites for hydroxylation is 2. The molecule has 0 saturated carbocycles. The molecule has 7 nitrogen and oxygen atoms in total. The number of hydrazine groups is 2. The van der Waals surface area contributed by atoms with Crippen LogP contribution in [0.5, 0.6) is 0 Å². The summed E-state index contributed by atoms with van der Waals surface area (Å²) in [6, 6.07) is 3.42. The van der Waals surface area contributed by atoms with Crippen LogP contribution in [0.2, 0.25) is 0 Å². The fourth-order valence-electron chi connectivity index (χ4n) is 2.33.